The van der Waals surface area contributed by atoms with Crippen LogP contribution in [0.5, 0.6) is 0 Å². The first-order valence-corrected chi connectivity index (χ1v) is 6.71. The predicted molar refractivity (Wildman–Crippen MR) is 74.3 cm³/mol. The minimum Gasteiger partial charge on any atom is -0.367 e. The number of hydrogen-bond donors (Lipinski definition) is 1. The highest BCUT2D eigenvalue weighted by Gasteiger charge is 2.22. The molecule has 20 heavy (non-hydrogen) atoms. The molecule has 0 aliphatic rings. The summed E-state index contributed by atoms with van der Waals surface area (Å²) in [4.78, 5) is 0.851. The predicted octanol–water partition coefficient (Wildman–Crippen LogP) is 4.24. The molecule has 0 amide bonds. The Morgan fingerprint density at radius 3 is 2.70 bits per heavy atom. The van der Waals surface area contributed by atoms with E-state index in [1.165, 1.54) is 23.5 Å². The third-order valence-electron chi connectivity index (χ3n) is 3.00. The van der Waals surface area contributed by atoms with Crippen LogP contribution in [0.1, 0.15) is 5.56 Å². The van der Waals surface area contributed by atoms with E-state index in [0.29, 0.717) is 11.3 Å². The molecule has 2 N–H and O–H groups in total. The maximum atomic E-state index is 14.0. The van der Waals surface area contributed by atoms with Gasteiger partial charge in [0, 0.05) is 11.6 Å². The molecule has 6 heteroatoms. The summed E-state index contributed by atoms with van der Waals surface area (Å²) >= 11 is 1.46. The van der Waals surface area contributed by atoms with Crippen LogP contribution in [0.15, 0.2) is 34.2 Å². The maximum Gasteiger partial charge on any atom is 0.230 e. The molecule has 0 unspecified atom stereocenters. The van der Waals surface area contributed by atoms with E-state index in [1.54, 1.807) is 0 Å². The zero-order chi connectivity index (χ0) is 14.3. The molecule has 0 bridgehead atoms. The third kappa shape index (κ3) is 1.98. The first kappa shape index (κ1) is 12.8. The smallest absolute Gasteiger partial charge is 0.230 e. The van der Waals surface area contributed by atoms with Gasteiger partial charge in [-0.1, -0.05) is 5.16 Å². The van der Waals surface area contributed by atoms with Crippen molar-refractivity contribution < 1.29 is 13.3 Å². The first-order chi connectivity index (χ1) is 9.58. The lowest BCUT2D eigenvalue weighted by molar-refractivity contribution is 0.439. The average molecular weight is 292 g/mol. The number of aryl methyl sites for hydroxylation is 1. The van der Waals surface area contributed by atoms with Gasteiger partial charge < -0.3 is 10.3 Å². The van der Waals surface area contributed by atoms with Gasteiger partial charge in [0.25, 0.3) is 0 Å². The third-order valence-corrected chi connectivity index (χ3v) is 4.02. The van der Waals surface area contributed by atoms with E-state index in [-0.39, 0.29) is 11.4 Å². The SMILES string of the molecule is Cc1ccsc1-c1noc(N)c1-c1ccc(F)cc1F. The van der Waals surface area contributed by atoms with E-state index in [0.717, 1.165) is 16.5 Å². The van der Waals surface area contributed by atoms with Crippen molar-refractivity contribution >= 4 is 17.2 Å². The molecule has 0 saturated carbocycles. The highest BCUT2D eigenvalue weighted by molar-refractivity contribution is 7.13. The van der Waals surface area contributed by atoms with Gasteiger partial charge in [0.05, 0.1) is 10.4 Å². The summed E-state index contributed by atoms with van der Waals surface area (Å²) in [5, 5.41) is 5.81. The molecule has 2 heterocycles. The Balaban J connectivity index is 2.24. The summed E-state index contributed by atoms with van der Waals surface area (Å²) in [5.41, 5.74) is 7.75. The highest BCUT2D eigenvalue weighted by Crippen LogP contribution is 2.40. The van der Waals surface area contributed by atoms with Crippen LogP contribution in [0.2, 0.25) is 0 Å². The summed E-state index contributed by atoms with van der Waals surface area (Å²) in [6.07, 6.45) is 0. The molecule has 1 aromatic carbocycles. The van der Waals surface area contributed by atoms with Crippen molar-refractivity contribution in [3.63, 3.8) is 0 Å². The molecule has 3 rings (SSSR count). The number of rotatable bonds is 2. The Morgan fingerprint density at radius 1 is 1.25 bits per heavy atom. The van der Waals surface area contributed by atoms with Gasteiger partial charge in [-0.05, 0) is 36.1 Å². The normalized spacial score (nSPS) is 10.9. The molecule has 0 radical (unpaired) electrons. The monoisotopic (exact) mass is 292 g/mol. The Kier molecular flexibility index (Phi) is 3.02. The number of nitrogens with zero attached hydrogens (tertiary/aromatic N) is 1. The molecule has 0 saturated heterocycles. The summed E-state index contributed by atoms with van der Waals surface area (Å²) in [6, 6.07) is 5.25. The molecule has 3 aromatic rings. The Morgan fingerprint density at radius 2 is 2.05 bits per heavy atom. The van der Waals surface area contributed by atoms with Crippen LogP contribution < -0.4 is 5.73 Å². The lowest BCUT2D eigenvalue weighted by atomic mass is 10.0. The summed E-state index contributed by atoms with van der Waals surface area (Å²) in [6.45, 7) is 1.92. The largest absolute Gasteiger partial charge is 0.367 e. The number of benzene rings is 1. The molecule has 102 valence electrons. The van der Waals surface area contributed by atoms with Crippen LogP contribution in [0.4, 0.5) is 14.7 Å². The molecule has 0 fully saturated rings. The van der Waals surface area contributed by atoms with Crippen molar-refractivity contribution in [2.45, 2.75) is 6.92 Å². The molecular formula is C14H10F2N2OS. The van der Waals surface area contributed by atoms with E-state index < -0.39 is 11.6 Å². The number of halogens is 2. The van der Waals surface area contributed by atoms with Gasteiger partial charge in [-0.15, -0.1) is 11.3 Å². The van der Waals surface area contributed by atoms with Crippen molar-refractivity contribution in [2.24, 2.45) is 0 Å². The van der Waals surface area contributed by atoms with Crippen molar-refractivity contribution in [1.82, 2.24) is 5.16 Å². The van der Waals surface area contributed by atoms with Gasteiger partial charge in [0.2, 0.25) is 5.88 Å². The number of nitrogen functional groups attached to an aromatic ring is 1. The number of nitrogens with two attached hydrogens (primary N) is 1. The second kappa shape index (κ2) is 4.72. The first-order valence-electron chi connectivity index (χ1n) is 5.83. The topological polar surface area (TPSA) is 52.0 Å². The van der Waals surface area contributed by atoms with Gasteiger partial charge in [-0.25, -0.2) is 8.78 Å². The Labute approximate surface area is 117 Å². The van der Waals surface area contributed by atoms with Gasteiger partial charge in [-0.3, -0.25) is 0 Å². The van der Waals surface area contributed by atoms with Crippen molar-refractivity contribution in [1.29, 1.82) is 0 Å². The standard InChI is InChI=1S/C14H10F2N2OS/c1-7-4-5-20-13(7)12-11(14(17)19-18-12)9-3-2-8(15)6-10(9)16/h2-6H,17H2,1H3. The van der Waals surface area contributed by atoms with E-state index in [9.17, 15) is 8.78 Å². The number of anilines is 1. The molecule has 0 aliphatic carbocycles. The van der Waals surface area contributed by atoms with Gasteiger partial charge in [-0.2, -0.15) is 0 Å². The van der Waals surface area contributed by atoms with Crippen LogP contribution in [0.25, 0.3) is 21.7 Å². The number of thiophene rings is 1. The van der Waals surface area contributed by atoms with E-state index in [2.05, 4.69) is 5.16 Å². The van der Waals surface area contributed by atoms with E-state index in [4.69, 9.17) is 10.3 Å². The Bertz CT molecular complexity index is 779. The van der Waals surface area contributed by atoms with Crippen molar-refractivity contribution in [3.8, 4) is 21.7 Å². The van der Waals surface area contributed by atoms with Gasteiger partial charge in [0.15, 0.2) is 0 Å². The van der Waals surface area contributed by atoms with Crippen LogP contribution in [0, 0.1) is 18.6 Å². The van der Waals surface area contributed by atoms with Crippen LogP contribution in [-0.2, 0) is 0 Å². The van der Waals surface area contributed by atoms with Crippen molar-refractivity contribution in [3.05, 3.63) is 46.8 Å². The minimum absolute atomic E-state index is 0.0123. The van der Waals surface area contributed by atoms with Crippen molar-refractivity contribution in [2.75, 3.05) is 5.73 Å². The Hall–Kier alpha value is -2.21. The lowest BCUT2D eigenvalue weighted by Gasteiger charge is -2.04. The van der Waals surface area contributed by atoms with Crippen LogP contribution >= 0.6 is 11.3 Å². The molecule has 0 atom stereocenters. The number of aromatic nitrogens is 1. The van der Waals surface area contributed by atoms with E-state index >= 15 is 0 Å². The minimum atomic E-state index is -0.699. The van der Waals surface area contributed by atoms with Crippen LogP contribution in [0.3, 0.4) is 0 Å². The highest BCUT2D eigenvalue weighted by atomic mass is 32.1. The molecular weight excluding hydrogens is 282 g/mol. The fraction of sp³-hybridized carbons (Fsp3) is 0.0714. The zero-order valence-corrected chi connectivity index (χ0v) is 11.3. The molecule has 3 nitrogen and oxygen atoms in total. The van der Waals surface area contributed by atoms with Gasteiger partial charge in [0.1, 0.15) is 17.3 Å². The average Bonchev–Trinajstić information content (AvgIpc) is 2.96. The maximum absolute atomic E-state index is 14.0. The number of hydrogen-bond acceptors (Lipinski definition) is 4. The molecule has 0 aliphatic heterocycles. The molecule has 0 spiro atoms. The van der Waals surface area contributed by atoms with Crippen LogP contribution in [-0.4, -0.2) is 5.16 Å². The summed E-state index contributed by atoms with van der Waals surface area (Å²) in [7, 11) is 0. The lowest BCUT2D eigenvalue weighted by Crippen LogP contribution is -1.91. The van der Waals surface area contributed by atoms with E-state index in [1.807, 2.05) is 18.4 Å². The summed E-state index contributed by atoms with van der Waals surface area (Å²) < 4.78 is 32.0. The second-order valence-corrected chi connectivity index (χ2v) is 5.24. The zero-order valence-electron chi connectivity index (χ0n) is 10.5. The fourth-order valence-corrected chi connectivity index (χ4v) is 2.94. The molecule has 2 aromatic heterocycles. The second-order valence-electron chi connectivity index (χ2n) is 4.33. The van der Waals surface area contributed by atoms with Gasteiger partial charge >= 0.3 is 0 Å². The quantitative estimate of drug-likeness (QED) is 0.768. The fourth-order valence-electron chi connectivity index (χ4n) is 2.03. The summed E-state index contributed by atoms with van der Waals surface area (Å²) in [5.74, 6) is -1.33.